The van der Waals surface area contributed by atoms with Crippen LogP contribution in [-0.2, 0) is 11.2 Å². The first kappa shape index (κ1) is 17.0. The number of hydrogen-bond donors (Lipinski definition) is 1. The molecule has 2 heteroatoms. The minimum atomic E-state index is -0.231. The maximum Gasteiger partial charge on any atom is 0.217 e. The van der Waals surface area contributed by atoms with E-state index in [2.05, 4.69) is 73.7 Å². The zero-order valence-corrected chi connectivity index (χ0v) is 14.5. The molecule has 0 aliphatic carbocycles. The molecule has 3 aromatic rings. The summed E-state index contributed by atoms with van der Waals surface area (Å²) in [6.45, 7) is 2.15. The molecule has 0 aromatic heterocycles. The van der Waals surface area contributed by atoms with Crippen molar-refractivity contribution in [2.24, 2.45) is 5.73 Å². The lowest BCUT2D eigenvalue weighted by Crippen LogP contribution is -2.10. The van der Waals surface area contributed by atoms with E-state index in [1.54, 1.807) is 0 Å². The van der Waals surface area contributed by atoms with Crippen LogP contribution in [0.25, 0.3) is 22.3 Å². The Kier molecular flexibility index (Phi) is 5.30. The predicted octanol–water partition coefficient (Wildman–Crippen LogP) is 5.14. The van der Waals surface area contributed by atoms with Gasteiger partial charge in [0, 0.05) is 6.42 Å². The number of hydrogen-bond acceptors (Lipinski definition) is 1. The molecular weight excluding hydrogens is 306 g/mol. The van der Waals surface area contributed by atoms with Crippen molar-refractivity contribution in [2.75, 3.05) is 0 Å². The molecule has 0 radical (unpaired) electrons. The Hall–Kier alpha value is -2.87. The van der Waals surface area contributed by atoms with Crippen LogP contribution in [0.2, 0.25) is 0 Å². The van der Waals surface area contributed by atoms with Crippen LogP contribution < -0.4 is 5.73 Å². The summed E-state index contributed by atoms with van der Waals surface area (Å²) in [4.78, 5) is 10.9. The highest BCUT2D eigenvalue weighted by atomic mass is 16.1. The van der Waals surface area contributed by atoms with Crippen molar-refractivity contribution in [3.05, 3.63) is 83.9 Å². The maximum atomic E-state index is 10.9. The highest BCUT2D eigenvalue weighted by molar-refractivity contribution is 5.74. The first-order valence-electron chi connectivity index (χ1n) is 8.68. The summed E-state index contributed by atoms with van der Waals surface area (Å²) < 4.78 is 0. The van der Waals surface area contributed by atoms with Gasteiger partial charge in [0.1, 0.15) is 0 Å². The molecule has 3 aromatic carbocycles. The normalized spacial score (nSPS) is 10.6. The molecular formula is C23H23NO. The van der Waals surface area contributed by atoms with E-state index >= 15 is 0 Å². The second-order valence-corrected chi connectivity index (χ2v) is 6.35. The van der Waals surface area contributed by atoms with E-state index in [-0.39, 0.29) is 5.91 Å². The van der Waals surface area contributed by atoms with Crippen molar-refractivity contribution in [1.29, 1.82) is 0 Å². The van der Waals surface area contributed by atoms with Crippen LogP contribution in [0.4, 0.5) is 0 Å². The molecule has 0 fully saturated rings. The monoisotopic (exact) mass is 329 g/mol. The Morgan fingerprint density at radius 2 is 1.44 bits per heavy atom. The van der Waals surface area contributed by atoms with Gasteiger partial charge in [0.25, 0.3) is 0 Å². The summed E-state index contributed by atoms with van der Waals surface area (Å²) in [5, 5.41) is 0. The minimum absolute atomic E-state index is 0.231. The van der Waals surface area contributed by atoms with Gasteiger partial charge >= 0.3 is 0 Å². The fourth-order valence-electron chi connectivity index (χ4n) is 3.19. The van der Waals surface area contributed by atoms with E-state index in [1.807, 2.05) is 6.07 Å². The lowest BCUT2D eigenvalue weighted by Gasteiger charge is -2.12. The fourth-order valence-corrected chi connectivity index (χ4v) is 3.19. The Morgan fingerprint density at radius 1 is 0.800 bits per heavy atom. The van der Waals surface area contributed by atoms with Crippen LogP contribution in [0, 0.1) is 6.92 Å². The SMILES string of the molecule is Cc1c(CCCC(N)=O)cccc1-c1ccc(-c2ccccc2)cc1. The minimum Gasteiger partial charge on any atom is -0.370 e. The molecule has 1 amide bonds. The van der Waals surface area contributed by atoms with Gasteiger partial charge in [-0.3, -0.25) is 4.79 Å². The predicted molar refractivity (Wildman–Crippen MR) is 104 cm³/mol. The molecule has 0 aliphatic rings. The van der Waals surface area contributed by atoms with Crippen LogP contribution in [0.5, 0.6) is 0 Å². The number of carbonyl (C=O) groups is 1. The number of rotatable bonds is 6. The van der Waals surface area contributed by atoms with Gasteiger partial charge in [0.15, 0.2) is 0 Å². The third kappa shape index (κ3) is 4.16. The second-order valence-electron chi connectivity index (χ2n) is 6.35. The number of amides is 1. The largest absolute Gasteiger partial charge is 0.370 e. The van der Waals surface area contributed by atoms with Crippen LogP contribution in [0.3, 0.4) is 0 Å². The molecule has 2 nitrogen and oxygen atoms in total. The molecule has 0 unspecified atom stereocenters. The van der Waals surface area contributed by atoms with Gasteiger partial charge < -0.3 is 5.73 Å². The van der Waals surface area contributed by atoms with Gasteiger partial charge in [0.2, 0.25) is 5.91 Å². The van der Waals surface area contributed by atoms with Crippen LogP contribution in [-0.4, -0.2) is 5.91 Å². The summed E-state index contributed by atoms with van der Waals surface area (Å²) >= 11 is 0. The Balaban J connectivity index is 1.83. The van der Waals surface area contributed by atoms with Gasteiger partial charge in [-0.2, -0.15) is 0 Å². The number of nitrogens with two attached hydrogens (primary N) is 1. The van der Waals surface area contributed by atoms with E-state index in [0.717, 1.165) is 12.8 Å². The molecule has 0 heterocycles. The van der Waals surface area contributed by atoms with E-state index in [9.17, 15) is 4.79 Å². The first-order valence-corrected chi connectivity index (χ1v) is 8.68. The third-order valence-corrected chi connectivity index (χ3v) is 4.62. The smallest absolute Gasteiger partial charge is 0.217 e. The summed E-state index contributed by atoms with van der Waals surface area (Å²) in [5.74, 6) is -0.231. The Morgan fingerprint density at radius 3 is 2.12 bits per heavy atom. The van der Waals surface area contributed by atoms with Gasteiger partial charge in [0.05, 0.1) is 0 Å². The number of benzene rings is 3. The molecule has 0 aliphatic heterocycles. The fraction of sp³-hybridized carbons (Fsp3) is 0.174. The summed E-state index contributed by atoms with van der Waals surface area (Å²) in [6.07, 6.45) is 2.12. The van der Waals surface area contributed by atoms with Crippen LogP contribution >= 0.6 is 0 Å². The van der Waals surface area contributed by atoms with Crippen molar-refractivity contribution in [3.63, 3.8) is 0 Å². The molecule has 126 valence electrons. The Bertz CT molecular complexity index is 851. The summed E-state index contributed by atoms with van der Waals surface area (Å²) in [7, 11) is 0. The van der Waals surface area contributed by atoms with Gasteiger partial charge in [-0.05, 0) is 53.1 Å². The number of aryl methyl sites for hydroxylation is 1. The molecule has 0 saturated heterocycles. The molecule has 3 rings (SSSR count). The zero-order chi connectivity index (χ0) is 17.6. The van der Waals surface area contributed by atoms with Crippen LogP contribution in [0.15, 0.2) is 72.8 Å². The lowest BCUT2D eigenvalue weighted by molar-refractivity contribution is -0.118. The molecule has 0 atom stereocenters. The van der Waals surface area contributed by atoms with Gasteiger partial charge in [-0.15, -0.1) is 0 Å². The van der Waals surface area contributed by atoms with Crippen LogP contribution in [0.1, 0.15) is 24.0 Å². The van der Waals surface area contributed by atoms with E-state index in [4.69, 9.17) is 5.73 Å². The third-order valence-electron chi connectivity index (χ3n) is 4.62. The van der Waals surface area contributed by atoms with Gasteiger partial charge in [-0.1, -0.05) is 72.8 Å². The average Bonchev–Trinajstić information content (AvgIpc) is 2.64. The maximum absolute atomic E-state index is 10.9. The summed E-state index contributed by atoms with van der Waals surface area (Å²) in [6, 6.07) is 25.5. The quantitative estimate of drug-likeness (QED) is 0.669. The molecule has 25 heavy (non-hydrogen) atoms. The van der Waals surface area contributed by atoms with Crippen molar-refractivity contribution >= 4 is 5.91 Å². The van der Waals surface area contributed by atoms with E-state index in [0.29, 0.717) is 6.42 Å². The number of carbonyl (C=O) groups excluding carboxylic acids is 1. The molecule has 0 saturated carbocycles. The molecule has 0 bridgehead atoms. The van der Waals surface area contributed by atoms with Crippen molar-refractivity contribution in [3.8, 4) is 22.3 Å². The topological polar surface area (TPSA) is 43.1 Å². The lowest BCUT2D eigenvalue weighted by atomic mass is 9.93. The Labute approximate surface area is 149 Å². The van der Waals surface area contributed by atoms with Crippen molar-refractivity contribution < 1.29 is 4.79 Å². The summed E-state index contributed by atoms with van der Waals surface area (Å²) in [5.41, 5.74) is 12.7. The second kappa shape index (κ2) is 7.80. The van der Waals surface area contributed by atoms with E-state index < -0.39 is 0 Å². The highest BCUT2D eigenvalue weighted by Gasteiger charge is 2.07. The molecule has 0 spiro atoms. The van der Waals surface area contributed by atoms with Gasteiger partial charge in [-0.25, -0.2) is 0 Å². The first-order chi connectivity index (χ1) is 12.1. The zero-order valence-electron chi connectivity index (χ0n) is 14.5. The van der Waals surface area contributed by atoms with Crippen molar-refractivity contribution in [2.45, 2.75) is 26.2 Å². The average molecular weight is 329 g/mol. The molecule has 2 N–H and O–H groups in total. The van der Waals surface area contributed by atoms with E-state index in [1.165, 1.54) is 33.4 Å². The van der Waals surface area contributed by atoms with Crippen molar-refractivity contribution in [1.82, 2.24) is 0 Å². The standard InChI is InChI=1S/C23H23NO/c1-17-18(10-6-12-23(24)25)9-5-11-22(17)21-15-13-20(14-16-21)19-7-3-2-4-8-19/h2-5,7-9,11,13-16H,6,10,12H2,1H3,(H2,24,25). The highest BCUT2D eigenvalue weighted by Crippen LogP contribution is 2.29. The number of primary amides is 1.